The number of carbonyl (C=O) groups is 1. The Morgan fingerprint density at radius 2 is 1.90 bits per heavy atom. The van der Waals surface area contributed by atoms with Crippen LogP contribution in [0.2, 0.25) is 5.02 Å². The molecule has 116 valence electrons. The van der Waals surface area contributed by atoms with E-state index < -0.39 is 9.39 Å². The first-order chi connectivity index (χ1) is 9.58. The maximum absolute atomic E-state index is 10.8. The van der Waals surface area contributed by atoms with Gasteiger partial charge in [0, 0.05) is 16.4 Å². The van der Waals surface area contributed by atoms with Crippen molar-refractivity contribution in [1.82, 2.24) is 0 Å². The predicted molar refractivity (Wildman–Crippen MR) is 93.9 cm³/mol. The van der Waals surface area contributed by atoms with Gasteiger partial charge in [-0.05, 0) is 17.7 Å². The van der Waals surface area contributed by atoms with Gasteiger partial charge in [-0.25, -0.2) is 4.79 Å². The molecule has 1 fully saturated rings. The molecule has 3 nitrogen and oxygen atoms in total. The third-order valence-corrected chi connectivity index (χ3v) is 8.57. The number of carboxylic acid groups (broad SMARTS) is 1. The van der Waals surface area contributed by atoms with E-state index in [-0.39, 0.29) is 22.3 Å². The molecule has 0 radical (unpaired) electrons. The number of hydrogen-bond acceptors (Lipinski definition) is 2. The fourth-order valence-electron chi connectivity index (χ4n) is 2.55. The van der Waals surface area contributed by atoms with Gasteiger partial charge >= 0.3 is 6.16 Å². The molecule has 1 aromatic carbocycles. The summed E-state index contributed by atoms with van der Waals surface area (Å²) in [4.78, 5) is 10.7. The van der Waals surface area contributed by atoms with Gasteiger partial charge in [0.2, 0.25) is 0 Å². The van der Waals surface area contributed by atoms with Crippen LogP contribution in [0.25, 0.3) is 0 Å². The second-order valence-electron chi connectivity index (χ2n) is 5.68. The van der Waals surface area contributed by atoms with Crippen molar-refractivity contribution in [2.45, 2.75) is 28.0 Å². The molecule has 1 aliphatic rings. The van der Waals surface area contributed by atoms with Gasteiger partial charge in [-0.1, -0.05) is 85.4 Å². The highest BCUT2D eigenvalue weighted by Gasteiger charge is 2.66. The highest BCUT2D eigenvalue weighted by atomic mass is 79.9. The topological polar surface area (TPSA) is 46.5 Å². The smallest absolute Gasteiger partial charge is 0.450 e. The third-order valence-electron chi connectivity index (χ3n) is 3.93. The van der Waals surface area contributed by atoms with Gasteiger partial charge in [0.25, 0.3) is 0 Å². The van der Waals surface area contributed by atoms with Gasteiger partial charge in [-0.2, -0.15) is 0 Å². The molecule has 2 rings (SSSR count). The van der Waals surface area contributed by atoms with Gasteiger partial charge in [-0.3, -0.25) is 0 Å². The molecule has 1 N–H and O–H groups in total. The zero-order valence-corrected chi connectivity index (χ0v) is 16.8. The molecule has 0 amide bonds. The van der Waals surface area contributed by atoms with Crippen LogP contribution in [0, 0.1) is 11.3 Å². The zero-order valence-electron chi connectivity index (χ0n) is 11.3. The molecule has 7 heteroatoms. The normalized spacial score (nSPS) is 25.2. The van der Waals surface area contributed by atoms with E-state index in [2.05, 4.69) is 47.8 Å². The molecule has 0 aromatic heterocycles. The highest BCUT2D eigenvalue weighted by molar-refractivity contribution is 9.25. The van der Waals surface area contributed by atoms with Gasteiger partial charge in [0.15, 0.2) is 0 Å². The van der Waals surface area contributed by atoms with E-state index in [1.165, 1.54) is 0 Å². The minimum Gasteiger partial charge on any atom is -0.450 e. The van der Waals surface area contributed by atoms with Crippen LogP contribution in [0.3, 0.4) is 0 Å². The molecule has 0 saturated heterocycles. The second-order valence-corrected chi connectivity index (χ2v) is 10.7. The van der Waals surface area contributed by atoms with Crippen molar-refractivity contribution in [2.75, 3.05) is 0 Å². The Bertz CT molecular complexity index is 545. The maximum Gasteiger partial charge on any atom is 0.506 e. The standard InChI is InChI=1S/C14H14Br3ClO3/c1-13(2)9(11(13)21-12(19)20)10(15)14(16,17)7-3-5-8(18)6-4-7/h3-6,9-11H,1-2H3,(H,19,20). The van der Waals surface area contributed by atoms with Crippen LogP contribution < -0.4 is 0 Å². The number of halogens is 4. The van der Waals surface area contributed by atoms with Gasteiger partial charge in [0.1, 0.15) is 9.34 Å². The lowest BCUT2D eigenvalue weighted by molar-refractivity contribution is 0.0721. The summed E-state index contributed by atoms with van der Waals surface area (Å²) in [6, 6.07) is 7.47. The van der Waals surface area contributed by atoms with Crippen molar-refractivity contribution in [3.8, 4) is 0 Å². The monoisotopic (exact) mass is 502 g/mol. The number of ether oxygens (including phenoxy) is 1. The molecule has 0 heterocycles. The molecule has 1 aliphatic carbocycles. The van der Waals surface area contributed by atoms with Crippen LogP contribution in [0.15, 0.2) is 24.3 Å². The Labute approximate surface area is 153 Å². The van der Waals surface area contributed by atoms with E-state index >= 15 is 0 Å². The minimum absolute atomic E-state index is 0.0445. The van der Waals surface area contributed by atoms with Crippen LogP contribution in [-0.2, 0) is 7.97 Å². The van der Waals surface area contributed by atoms with E-state index in [0.717, 1.165) is 5.56 Å². The van der Waals surface area contributed by atoms with Crippen LogP contribution >= 0.6 is 59.4 Å². The summed E-state index contributed by atoms with van der Waals surface area (Å²) in [5, 5.41) is 9.50. The van der Waals surface area contributed by atoms with Crippen molar-refractivity contribution in [2.24, 2.45) is 11.3 Å². The summed E-state index contributed by atoms with van der Waals surface area (Å²) < 4.78 is 4.45. The number of benzene rings is 1. The van der Waals surface area contributed by atoms with E-state index in [4.69, 9.17) is 21.4 Å². The largest absolute Gasteiger partial charge is 0.506 e. The van der Waals surface area contributed by atoms with Gasteiger partial charge < -0.3 is 9.84 Å². The number of hydrogen-bond donors (Lipinski definition) is 1. The van der Waals surface area contributed by atoms with E-state index in [0.29, 0.717) is 5.02 Å². The summed E-state index contributed by atoms with van der Waals surface area (Å²) in [6.45, 7) is 3.99. The Morgan fingerprint density at radius 1 is 1.38 bits per heavy atom. The molecule has 1 aromatic rings. The first-order valence-electron chi connectivity index (χ1n) is 6.26. The van der Waals surface area contributed by atoms with E-state index in [9.17, 15) is 4.79 Å². The highest BCUT2D eigenvalue weighted by Crippen LogP contribution is 2.63. The molecule has 3 atom stereocenters. The molecular formula is C14H14Br3ClO3. The summed E-state index contributed by atoms with van der Waals surface area (Å²) in [5.41, 5.74) is 0.775. The Balaban J connectivity index is 2.21. The first-order valence-corrected chi connectivity index (χ1v) is 9.14. The van der Waals surface area contributed by atoms with Crippen LogP contribution in [-0.4, -0.2) is 22.2 Å². The summed E-state index contributed by atoms with van der Waals surface area (Å²) in [5.74, 6) is 0.0445. The van der Waals surface area contributed by atoms with E-state index in [1.54, 1.807) is 0 Å². The van der Waals surface area contributed by atoms with Crippen molar-refractivity contribution >= 4 is 65.5 Å². The molecule has 1 saturated carbocycles. The fraction of sp³-hybridized carbons (Fsp3) is 0.500. The first kappa shape index (κ1) is 17.6. The van der Waals surface area contributed by atoms with Crippen molar-refractivity contribution < 1.29 is 14.6 Å². The predicted octanol–water partition coefficient (Wildman–Crippen LogP) is 5.77. The number of rotatable bonds is 4. The third kappa shape index (κ3) is 3.43. The SMILES string of the molecule is CC1(C)C(OC(=O)O)C1C(Br)C(Br)(Br)c1ccc(Cl)cc1. The second kappa shape index (κ2) is 6.02. The van der Waals surface area contributed by atoms with Crippen LogP contribution in [0.4, 0.5) is 4.79 Å². The molecular weight excluding hydrogens is 491 g/mol. The molecule has 0 spiro atoms. The average Bonchev–Trinajstić information content (AvgIpc) is 2.89. The maximum atomic E-state index is 10.8. The number of alkyl halides is 3. The van der Waals surface area contributed by atoms with E-state index in [1.807, 2.05) is 38.1 Å². The Morgan fingerprint density at radius 3 is 2.38 bits per heavy atom. The van der Waals surface area contributed by atoms with Crippen molar-refractivity contribution in [1.29, 1.82) is 0 Å². The quantitative estimate of drug-likeness (QED) is 0.418. The van der Waals surface area contributed by atoms with Crippen molar-refractivity contribution in [3.63, 3.8) is 0 Å². The van der Waals surface area contributed by atoms with Crippen LogP contribution in [0.5, 0.6) is 0 Å². The Kier molecular flexibility index (Phi) is 5.04. The molecule has 21 heavy (non-hydrogen) atoms. The lowest BCUT2D eigenvalue weighted by Crippen LogP contribution is -2.27. The van der Waals surface area contributed by atoms with Crippen LogP contribution in [0.1, 0.15) is 19.4 Å². The summed E-state index contributed by atoms with van der Waals surface area (Å²) in [6.07, 6.45) is -1.57. The molecule has 0 bridgehead atoms. The van der Waals surface area contributed by atoms with Gasteiger partial charge in [-0.15, -0.1) is 0 Å². The summed E-state index contributed by atoms with van der Waals surface area (Å²) >= 11 is 17.0. The lowest BCUT2D eigenvalue weighted by atomic mass is 10.0. The van der Waals surface area contributed by atoms with Gasteiger partial charge in [0.05, 0.1) is 4.83 Å². The average molecular weight is 505 g/mol. The fourth-order valence-corrected chi connectivity index (χ4v) is 5.00. The lowest BCUT2D eigenvalue weighted by Gasteiger charge is -2.28. The van der Waals surface area contributed by atoms with Crippen molar-refractivity contribution in [3.05, 3.63) is 34.9 Å². The summed E-state index contributed by atoms with van der Waals surface area (Å²) in [7, 11) is 0. The zero-order chi connectivity index (χ0) is 16.0. The Hall–Kier alpha value is 0.220. The molecule has 3 unspecified atom stereocenters. The molecule has 0 aliphatic heterocycles. The minimum atomic E-state index is -1.24.